The highest BCUT2D eigenvalue weighted by Gasteiger charge is 2.21. The Morgan fingerprint density at radius 1 is 1.30 bits per heavy atom. The molecule has 116 valence electrons. The van der Waals surface area contributed by atoms with Crippen LogP contribution in [0.3, 0.4) is 0 Å². The molecule has 3 heterocycles. The number of anilines is 1. The summed E-state index contributed by atoms with van der Waals surface area (Å²) >= 11 is 0. The van der Waals surface area contributed by atoms with Gasteiger partial charge in [-0.25, -0.2) is 19.7 Å². The number of esters is 1. The zero-order valence-electron chi connectivity index (χ0n) is 12.6. The van der Waals surface area contributed by atoms with E-state index >= 15 is 0 Å². The molecular weight excluding hydrogens is 294 g/mol. The third-order valence-electron chi connectivity index (χ3n) is 4.11. The third-order valence-corrected chi connectivity index (χ3v) is 4.11. The van der Waals surface area contributed by atoms with Crippen molar-refractivity contribution in [1.82, 2.24) is 19.9 Å². The summed E-state index contributed by atoms with van der Waals surface area (Å²) < 4.78 is 4.80. The molecule has 4 rings (SSSR count). The van der Waals surface area contributed by atoms with E-state index in [9.17, 15) is 4.79 Å². The molecule has 7 heteroatoms. The number of aromatic amines is 1. The van der Waals surface area contributed by atoms with Crippen LogP contribution in [-0.4, -0.2) is 39.6 Å². The van der Waals surface area contributed by atoms with Crippen LogP contribution in [0.1, 0.15) is 21.7 Å². The second-order valence-electron chi connectivity index (χ2n) is 5.42. The Hall–Kier alpha value is -2.96. The molecule has 0 bridgehead atoms. The molecule has 3 aromatic rings. The summed E-state index contributed by atoms with van der Waals surface area (Å²) in [5, 5.41) is 0.846. The number of nitrogens with zero attached hydrogens (tertiary/aromatic N) is 4. The first-order valence-electron chi connectivity index (χ1n) is 7.35. The molecule has 1 aliphatic heterocycles. The third kappa shape index (κ3) is 2.30. The summed E-state index contributed by atoms with van der Waals surface area (Å²) in [4.78, 5) is 30.2. The lowest BCUT2D eigenvalue weighted by molar-refractivity contribution is 0.0601. The minimum atomic E-state index is -0.365. The smallest absolute Gasteiger partial charge is 0.337 e. The van der Waals surface area contributed by atoms with E-state index in [0.29, 0.717) is 12.1 Å². The van der Waals surface area contributed by atoms with E-state index in [-0.39, 0.29) is 5.97 Å². The van der Waals surface area contributed by atoms with Crippen LogP contribution in [0.15, 0.2) is 30.9 Å². The fourth-order valence-corrected chi connectivity index (χ4v) is 2.93. The van der Waals surface area contributed by atoms with E-state index in [4.69, 9.17) is 4.74 Å². The zero-order chi connectivity index (χ0) is 15.8. The second-order valence-corrected chi connectivity index (χ2v) is 5.42. The van der Waals surface area contributed by atoms with Gasteiger partial charge in [-0.2, -0.15) is 0 Å². The number of H-pyrrole nitrogens is 1. The Balaban J connectivity index is 1.79. The molecular formula is C16H15N5O2. The van der Waals surface area contributed by atoms with Crippen LogP contribution < -0.4 is 4.90 Å². The number of hydrogen-bond acceptors (Lipinski definition) is 6. The Morgan fingerprint density at radius 2 is 2.22 bits per heavy atom. The van der Waals surface area contributed by atoms with Crippen molar-refractivity contribution >= 4 is 22.7 Å². The first-order chi connectivity index (χ1) is 11.3. The summed E-state index contributed by atoms with van der Waals surface area (Å²) in [7, 11) is 1.37. The van der Waals surface area contributed by atoms with Crippen molar-refractivity contribution < 1.29 is 9.53 Å². The molecule has 7 nitrogen and oxygen atoms in total. The van der Waals surface area contributed by atoms with Gasteiger partial charge < -0.3 is 14.6 Å². The number of aromatic nitrogens is 4. The largest absolute Gasteiger partial charge is 0.465 e. The van der Waals surface area contributed by atoms with Crippen molar-refractivity contribution in [2.75, 3.05) is 18.6 Å². The average Bonchev–Trinajstić information content (AvgIpc) is 3.07. The molecule has 0 atom stereocenters. The average molecular weight is 309 g/mol. The van der Waals surface area contributed by atoms with Crippen LogP contribution in [-0.2, 0) is 17.7 Å². The maximum Gasteiger partial charge on any atom is 0.337 e. The first kappa shape index (κ1) is 13.7. The molecule has 2 aromatic heterocycles. The fourth-order valence-electron chi connectivity index (χ4n) is 2.93. The van der Waals surface area contributed by atoms with Crippen LogP contribution in [0.4, 0.5) is 5.82 Å². The van der Waals surface area contributed by atoms with E-state index < -0.39 is 0 Å². The quantitative estimate of drug-likeness (QED) is 0.725. The summed E-state index contributed by atoms with van der Waals surface area (Å²) in [6, 6.07) is 5.32. The molecule has 0 saturated heterocycles. The van der Waals surface area contributed by atoms with E-state index in [1.54, 1.807) is 24.8 Å². The molecule has 1 aliphatic rings. The molecule has 0 saturated carbocycles. The zero-order valence-corrected chi connectivity index (χ0v) is 12.6. The van der Waals surface area contributed by atoms with Crippen LogP contribution >= 0.6 is 0 Å². The number of methoxy groups -OCH3 is 1. The van der Waals surface area contributed by atoms with Gasteiger partial charge in [-0.15, -0.1) is 0 Å². The fraction of sp³-hybridized carbons (Fsp3) is 0.250. The Labute approximate surface area is 132 Å². The lowest BCUT2D eigenvalue weighted by Gasteiger charge is -2.28. The van der Waals surface area contributed by atoms with Gasteiger partial charge in [0, 0.05) is 18.4 Å². The van der Waals surface area contributed by atoms with Crippen molar-refractivity contribution in [1.29, 1.82) is 0 Å². The summed E-state index contributed by atoms with van der Waals surface area (Å²) in [6.07, 6.45) is 4.14. The number of carbonyl (C=O) groups excluding carboxylic acids is 1. The monoisotopic (exact) mass is 309 g/mol. The van der Waals surface area contributed by atoms with Gasteiger partial charge in [0.1, 0.15) is 12.1 Å². The lowest BCUT2D eigenvalue weighted by atomic mass is 10.1. The van der Waals surface area contributed by atoms with Gasteiger partial charge in [-0.05, 0) is 18.2 Å². The van der Waals surface area contributed by atoms with Crippen LogP contribution in [0.2, 0.25) is 0 Å². The number of carbonyl (C=O) groups is 1. The number of hydrogen-bond donors (Lipinski definition) is 1. The molecule has 1 aromatic carbocycles. The first-order valence-corrected chi connectivity index (χ1v) is 7.35. The molecule has 0 amide bonds. The van der Waals surface area contributed by atoms with Crippen LogP contribution in [0.25, 0.3) is 10.9 Å². The van der Waals surface area contributed by atoms with Crippen molar-refractivity contribution in [2.45, 2.75) is 13.0 Å². The number of nitrogens with one attached hydrogen (secondary N) is 1. The van der Waals surface area contributed by atoms with E-state index in [1.165, 1.54) is 7.11 Å². The maximum atomic E-state index is 11.8. The Bertz CT molecular complexity index is 889. The highest BCUT2D eigenvalue weighted by molar-refractivity contribution is 5.98. The Kier molecular flexibility index (Phi) is 3.18. The SMILES string of the molecule is COC(=O)c1ccc2ncnc(N3CCc4nc[nH]c4C3)c2c1. The predicted molar refractivity (Wildman–Crippen MR) is 84.2 cm³/mol. The van der Waals surface area contributed by atoms with Gasteiger partial charge >= 0.3 is 5.97 Å². The van der Waals surface area contributed by atoms with E-state index in [0.717, 1.165) is 41.1 Å². The van der Waals surface area contributed by atoms with Crippen molar-refractivity contribution in [3.63, 3.8) is 0 Å². The van der Waals surface area contributed by atoms with Gasteiger partial charge in [0.25, 0.3) is 0 Å². The maximum absolute atomic E-state index is 11.8. The molecule has 0 fully saturated rings. The standard InChI is InChI=1S/C16H15N5O2/c1-23-16(22)10-2-3-12-11(6-10)15(20-9-17-12)21-5-4-13-14(7-21)19-8-18-13/h2-3,6,8-9H,4-5,7H2,1H3,(H,18,19). The predicted octanol–water partition coefficient (Wildman–Crippen LogP) is 1.70. The highest BCUT2D eigenvalue weighted by atomic mass is 16.5. The van der Waals surface area contributed by atoms with Gasteiger partial charge in [0.15, 0.2) is 0 Å². The Morgan fingerprint density at radius 3 is 3.09 bits per heavy atom. The van der Waals surface area contributed by atoms with Crippen molar-refractivity contribution in [3.05, 3.63) is 47.8 Å². The summed E-state index contributed by atoms with van der Waals surface area (Å²) in [5.74, 6) is 0.456. The molecule has 1 N–H and O–H groups in total. The molecule has 23 heavy (non-hydrogen) atoms. The molecule has 0 unspecified atom stereocenters. The van der Waals surface area contributed by atoms with Crippen LogP contribution in [0.5, 0.6) is 0 Å². The van der Waals surface area contributed by atoms with Gasteiger partial charge in [0.05, 0.1) is 42.4 Å². The minimum Gasteiger partial charge on any atom is -0.465 e. The van der Waals surface area contributed by atoms with E-state index in [2.05, 4.69) is 24.8 Å². The number of ether oxygens (including phenoxy) is 1. The van der Waals surface area contributed by atoms with Gasteiger partial charge in [-0.3, -0.25) is 0 Å². The topological polar surface area (TPSA) is 84.0 Å². The van der Waals surface area contributed by atoms with Gasteiger partial charge in [-0.1, -0.05) is 0 Å². The molecule has 0 spiro atoms. The number of imidazole rings is 1. The lowest BCUT2D eigenvalue weighted by Crippen LogP contribution is -2.31. The second kappa shape index (κ2) is 5.35. The normalized spacial score (nSPS) is 13.9. The number of fused-ring (bicyclic) bond motifs is 2. The minimum absolute atomic E-state index is 0.365. The number of benzene rings is 1. The molecule has 0 aliphatic carbocycles. The van der Waals surface area contributed by atoms with Crippen molar-refractivity contribution in [2.24, 2.45) is 0 Å². The van der Waals surface area contributed by atoms with Gasteiger partial charge in [0.2, 0.25) is 0 Å². The number of rotatable bonds is 2. The van der Waals surface area contributed by atoms with E-state index in [1.807, 2.05) is 6.07 Å². The summed E-state index contributed by atoms with van der Waals surface area (Å²) in [6.45, 7) is 1.54. The highest BCUT2D eigenvalue weighted by Crippen LogP contribution is 2.28. The molecule has 0 radical (unpaired) electrons. The van der Waals surface area contributed by atoms with Crippen molar-refractivity contribution in [3.8, 4) is 0 Å². The summed E-state index contributed by atoms with van der Waals surface area (Å²) in [5.41, 5.74) is 3.51. The van der Waals surface area contributed by atoms with Crippen LogP contribution in [0, 0.1) is 0 Å².